The summed E-state index contributed by atoms with van der Waals surface area (Å²) in [5.74, 6) is 0.817. The molecule has 0 aromatic carbocycles. The fourth-order valence-electron chi connectivity index (χ4n) is 1.42. The molecule has 2 heteroatoms. The van der Waals surface area contributed by atoms with Gasteiger partial charge < -0.3 is 10.6 Å². The van der Waals surface area contributed by atoms with Crippen molar-refractivity contribution in [3.8, 4) is 0 Å². The van der Waals surface area contributed by atoms with Crippen molar-refractivity contribution < 1.29 is 0 Å². The highest BCUT2D eigenvalue weighted by Crippen LogP contribution is 2.23. The first-order chi connectivity index (χ1) is 4.36. The summed E-state index contributed by atoms with van der Waals surface area (Å²) in [6.45, 7) is 4.69. The van der Waals surface area contributed by atoms with Gasteiger partial charge in [0.1, 0.15) is 0 Å². The molecule has 3 atom stereocenters. The van der Waals surface area contributed by atoms with Crippen molar-refractivity contribution in [2.24, 2.45) is 5.92 Å². The van der Waals surface area contributed by atoms with Crippen molar-refractivity contribution >= 4 is 0 Å². The smallest absolute Gasteiger partial charge is 0.0237 e. The molecule has 9 heavy (non-hydrogen) atoms. The Labute approximate surface area is 56.0 Å². The van der Waals surface area contributed by atoms with Gasteiger partial charge in [0, 0.05) is 12.1 Å². The molecule has 0 bridgehead atoms. The third kappa shape index (κ3) is 1.10. The van der Waals surface area contributed by atoms with E-state index in [1.807, 2.05) is 0 Å². The minimum Gasteiger partial charge on any atom is -0.312 e. The van der Waals surface area contributed by atoms with E-state index in [1.54, 1.807) is 0 Å². The second-order valence-electron chi connectivity index (χ2n) is 3.37. The second-order valence-corrected chi connectivity index (χ2v) is 3.37. The van der Waals surface area contributed by atoms with E-state index in [9.17, 15) is 0 Å². The van der Waals surface area contributed by atoms with Gasteiger partial charge in [-0.3, -0.25) is 0 Å². The minimum absolute atomic E-state index is 0.815. The maximum Gasteiger partial charge on any atom is 0.0237 e. The van der Waals surface area contributed by atoms with Crippen molar-refractivity contribution in [2.45, 2.75) is 25.4 Å². The van der Waals surface area contributed by atoms with Gasteiger partial charge in [-0.25, -0.2) is 0 Å². The first-order valence-corrected chi connectivity index (χ1v) is 3.83. The normalized spacial score (nSPS) is 49.7. The van der Waals surface area contributed by atoms with Crippen molar-refractivity contribution in [2.75, 3.05) is 13.1 Å². The predicted molar refractivity (Wildman–Crippen MR) is 37.4 cm³/mol. The molecule has 1 aliphatic heterocycles. The first kappa shape index (κ1) is 5.69. The molecule has 0 amide bonds. The number of hydrogen-bond donors (Lipinski definition) is 2. The highest BCUT2D eigenvalue weighted by Gasteiger charge is 2.38. The molecule has 2 aliphatic rings. The summed E-state index contributed by atoms with van der Waals surface area (Å²) in [6, 6.07) is 1.63. The monoisotopic (exact) mass is 126 g/mol. The molecule has 2 nitrogen and oxygen atoms in total. The molecule has 1 heterocycles. The van der Waals surface area contributed by atoms with Crippen LogP contribution in [-0.4, -0.2) is 25.2 Å². The van der Waals surface area contributed by atoms with Gasteiger partial charge in [0.25, 0.3) is 0 Å². The third-order valence-electron chi connectivity index (χ3n) is 2.25. The Kier molecular flexibility index (Phi) is 1.24. The molecule has 0 radical (unpaired) electrons. The van der Waals surface area contributed by atoms with E-state index >= 15 is 0 Å². The summed E-state index contributed by atoms with van der Waals surface area (Å²) in [4.78, 5) is 0. The zero-order valence-electron chi connectivity index (χ0n) is 5.85. The quantitative estimate of drug-likeness (QED) is 0.476. The third-order valence-corrected chi connectivity index (χ3v) is 2.25. The molecule has 1 saturated carbocycles. The maximum absolute atomic E-state index is 3.51. The molecule has 1 saturated heterocycles. The lowest BCUT2D eigenvalue weighted by molar-refractivity contribution is 0.514. The van der Waals surface area contributed by atoms with Crippen LogP contribution < -0.4 is 10.6 Å². The van der Waals surface area contributed by atoms with Crippen LogP contribution >= 0.6 is 0 Å². The number of fused-ring (bicyclic) bond motifs is 1. The van der Waals surface area contributed by atoms with Crippen LogP contribution in [0.4, 0.5) is 0 Å². The van der Waals surface area contributed by atoms with Gasteiger partial charge >= 0.3 is 0 Å². The van der Waals surface area contributed by atoms with Crippen molar-refractivity contribution in [1.82, 2.24) is 10.6 Å². The van der Waals surface area contributed by atoms with Gasteiger partial charge in [0.2, 0.25) is 0 Å². The highest BCUT2D eigenvalue weighted by atomic mass is 15.1. The van der Waals surface area contributed by atoms with E-state index in [4.69, 9.17) is 0 Å². The molecule has 0 spiro atoms. The summed E-state index contributed by atoms with van der Waals surface area (Å²) >= 11 is 0. The lowest BCUT2D eigenvalue weighted by Crippen LogP contribution is -2.24. The molecule has 0 aromatic heterocycles. The minimum atomic E-state index is 0.815. The Morgan fingerprint density at radius 3 is 2.22 bits per heavy atom. The Morgan fingerprint density at radius 2 is 1.67 bits per heavy atom. The molecule has 2 fully saturated rings. The summed E-state index contributed by atoms with van der Waals surface area (Å²) in [5, 5.41) is 7.01. The average Bonchev–Trinajstić information content (AvgIpc) is 2.54. The molecule has 2 rings (SSSR count). The molecule has 0 aromatic rings. The lowest BCUT2D eigenvalue weighted by Gasteiger charge is -2.07. The van der Waals surface area contributed by atoms with Crippen LogP contribution in [0.1, 0.15) is 13.3 Å². The molecule has 2 N–H and O–H groups in total. The van der Waals surface area contributed by atoms with Gasteiger partial charge in [-0.05, 0) is 25.4 Å². The lowest BCUT2D eigenvalue weighted by atomic mass is 10.2. The van der Waals surface area contributed by atoms with E-state index < -0.39 is 0 Å². The highest BCUT2D eigenvalue weighted by molar-refractivity contribution is 5.01. The zero-order valence-corrected chi connectivity index (χ0v) is 5.85. The van der Waals surface area contributed by atoms with E-state index in [-0.39, 0.29) is 0 Å². The van der Waals surface area contributed by atoms with Crippen LogP contribution in [0.15, 0.2) is 0 Å². The Bertz CT molecular complexity index is 97.5. The van der Waals surface area contributed by atoms with Crippen molar-refractivity contribution in [3.05, 3.63) is 0 Å². The van der Waals surface area contributed by atoms with Crippen LogP contribution in [-0.2, 0) is 0 Å². The maximum atomic E-state index is 3.51. The van der Waals surface area contributed by atoms with E-state index in [0.29, 0.717) is 0 Å². The molecule has 1 aliphatic carbocycles. The zero-order chi connectivity index (χ0) is 6.27. The van der Waals surface area contributed by atoms with Crippen LogP contribution in [0.5, 0.6) is 0 Å². The molecular weight excluding hydrogens is 112 g/mol. The Morgan fingerprint density at radius 1 is 1.11 bits per heavy atom. The Hall–Kier alpha value is -0.0800. The first-order valence-electron chi connectivity index (χ1n) is 3.83. The van der Waals surface area contributed by atoms with Crippen LogP contribution in [0.2, 0.25) is 0 Å². The average molecular weight is 126 g/mol. The summed E-state index contributed by atoms with van der Waals surface area (Å²) < 4.78 is 0. The molecule has 52 valence electrons. The second kappa shape index (κ2) is 1.96. The number of nitrogens with one attached hydrogen (secondary N) is 2. The SMILES string of the molecule is CC1CN[C@H]2C[C@H]2NC1. The van der Waals surface area contributed by atoms with E-state index in [0.717, 1.165) is 18.0 Å². The van der Waals surface area contributed by atoms with Gasteiger partial charge in [-0.15, -0.1) is 0 Å². The number of rotatable bonds is 0. The standard InChI is InChI=1S/C7H14N2/c1-5-3-8-6-2-7(6)9-4-5/h5-9H,2-4H2,1H3/t5?,6-,7+. The van der Waals surface area contributed by atoms with Crippen molar-refractivity contribution in [3.63, 3.8) is 0 Å². The summed E-state index contributed by atoms with van der Waals surface area (Å²) in [5.41, 5.74) is 0. The molecular formula is C7H14N2. The van der Waals surface area contributed by atoms with Crippen molar-refractivity contribution in [1.29, 1.82) is 0 Å². The predicted octanol–water partition coefficient (Wildman–Crippen LogP) is -0.0438. The summed E-state index contributed by atoms with van der Waals surface area (Å²) in [7, 11) is 0. The number of hydrogen-bond acceptors (Lipinski definition) is 2. The van der Waals surface area contributed by atoms with Gasteiger partial charge in [0.15, 0.2) is 0 Å². The van der Waals surface area contributed by atoms with Crippen LogP contribution in [0, 0.1) is 5.92 Å². The summed E-state index contributed by atoms with van der Waals surface area (Å²) in [6.07, 6.45) is 1.35. The van der Waals surface area contributed by atoms with Crippen LogP contribution in [0.3, 0.4) is 0 Å². The van der Waals surface area contributed by atoms with E-state index in [2.05, 4.69) is 17.6 Å². The van der Waals surface area contributed by atoms with Gasteiger partial charge in [-0.1, -0.05) is 6.92 Å². The van der Waals surface area contributed by atoms with Gasteiger partial charge in [0.05, 0.1) is 0 Å². The Balaban J connectivity index is 1.89. The fourth-order valence-corrected chi connectivity index (χ4v) is 1.42. The molecule has 1 unspecified atom stereocenters. The van der Waals surface area contributed by atoms with E-state index in [1.165, 1.54) is 19.5 Å². The van der Waals surface area contributed by atoms with Gasteiger partial charge in [-0.2, -0.15) is 0 Å². The topological polar surface area (TPSA) is 24.1 Å². The largest absolute Gasteiger partial charge is 0.312 e. The van der Waals surface area contributed by atoms with Crippen LogP contribution in [0.25, 0.3) is 0 Å². The fraction of sp³-hybridized carbons (Fsp3) is 1.00.